The molecule has 0 fully saturated rings. The first-order chi connectivity index (χ1) is 11.2. The molecule has 4 heteroatoms. The second-order valence-corrected chi connectivity index (χ2v) is 7.04. The van der Waals surface area contributed by atoms with Crippen molar-refractivity contribution in [1.29, 1.82) is 5.26 Å². The number of aromatic nitrogens is 2. The van der Waals surface area contributed by atoms with Crippen LogP contribution in [0.1, 0.15) is 55.8 Å². The van der Waals surface area contributed by atoms with Gasteiger partial charge in [-0.25, -0.2) is 0 Å². The fraction of sp³-hybridized carbons (Fsp3) is 0.400. The average molecular weight is 323 g/mol. The molecule has 0 aliphatic carbocycles. The van der Waals surface area contributed by atoms with E-state index in [4.69, 9.17) is 0 Å². The van der Waals surface area contributed by atoms with Crippen molar-refractivity contribution in [2.24, 2.45) is 0 Å². The normalized spacial score (nSPS) is 12.7. The van der Waals surface area contributed by atoms with Crippen molar-refractivity contribution in [1.82, 2.24) is 9.78 Å². The van der Waals surface area contributed by atoms with Crippen LogP contribution < -0.4 is 0 Å². The minimum absolute atomic E-state index is 0.0130. The van der Waals surface area contributed by atoms with Gasteiger partial charge in [0.2, 0.25) is 0 Å². The van der Waals surface area contributed by atoms with Gasteiger partial charge in [-0.2, -0.15) is 10.4 Å². The fourth-order valence-corrected chi connectivity index (χ4v) is 2.71. The maximum Gasteiger partial charge on any atom is 0.159 e. The van der Waals surface area contributed by atoms with Crippen LogP contribution in [0.25, 0.3) is 11.3 Å². The molecule has 0 aliphatic heterocycles. The lowest BCUT2D eigenvalue weighted by Gasteiger charge is -2.19. The smallest absolute Gasteiger partial charge is 0.159 e. The third kappa shape index (κ3) is 3.21. The topological polar surface area (TPSA) is 61.8 Å². The lowest BCUT2D eigenvalue weighted by molar-refractivity contribution is 0.497. The van der Waals surface area contributed by atoms with Crippen molar-refractivity contribution in [2.45, 2.75) is 53.5 Å². The number of nitriles is 1. The van der Waals surface area contributed by atoms with Gasteiger partial charge in [0.05, 0.1) is 5.69 Å². The molecule has 0 saturated carbocycles. The zero-order valence-corrected chi connectivity index (χ0v) is 15.3. The van der Waals surface area contributed by atoms with E-state index in [1.807, 2.05) is 45.0 Å². The van der Waals surface area contributed by atoms with Gasteiger partial charge in [-0.1, -0.05) is 45.0 Å². The number of aliphatic hydroxyl groups excluding tert-OH is 1. The van der Waals surface area contributed by atoms with E-state index in [0.29, 0.717) is 17.8 Å². The first-order valence-corrected chi connectivity index (χ1v) is 8.19. The van der Waals surface area contributed by atoms with Gasteiger partial charge in [-0.3, -0.25) is 4.68 Å². The number of hydrogen-bond acceptors (Lipinski definition) is 3. The molecule has 1 aromatic heterocycles. The number of aryl methyl sites for hydroxylation is 2. The summed E-state index contributed by atoms with van der Waals surface area (Å²) in [6.45, 7) is 12.9. The molecule has 2 aromatic rings. The summed E-state index contributed by atoms with van der Waals surface area (Å²) in [6, 6.07) is 9.96. The van der Waals surface area contributed by atoms with Crippen molar-refractivity contribution in [3.8, 4) is 6.07 Å². The summed E-state index contributed by atoms with van der Waals surface area (Å²) in [6.07, 6.45) is 0. The monoisotopic (exact) mass is 323 g/mol. The van der Waals surface area contributed by atoms with Gasteiger partial charge in [0, 0.05) is 12.1 Å². The zero-order valence-electron chi connectivity index (χ0n) is 15.3. The van der Waals surface area contributed by atoms with Crippen LogP contribution in [0.2, 0.25) is 0 Å². The van der Waals surface area contributed by atoms with Crippen LogP contribution in [0.15, 0.2) is 24.3 Å². The van der Waals surface area contributed by atoms with Gasteiger partial charge >= 0.3 is 0 Å². The van der Waals surface area contributed by atoms with E-state index >= 15 is 0 Å². The Bertz CT molecular complexity index is 812. The van der Waals surface area contributed by atoms with Gasteiger partial charge in [-0.15, -0.1) is 0 Å². The predicted molar refractivity (Wildman–Crippen MR) is 97.6 cm³/mol. The maximum absolute atomic E-state index is 10.8. The summed E-state index contributed by atoms with van der Waals surface area (Å²) >= 11 is 0. The molecule has 0 aliphatic rings. The number of allylic oxidation sites excluding steroid dienone is 1. The van der Waals surface area contributed by atoms with Crippen molar-refractivity contribution in [2.75, 3.05) is 0 Å². The second kappa shape index (κ2) is 6.52. The van der Waals surface area contributed by atoms with E-state index in [9.17, 15) is 10.4 Å². The summed E-state index contributed by atoms with van der Waals surface area (Å²) < 4.78 is 1.74. The van der Waals surface area contributed by atoms with Crippen molar-refractivity contribution < 1.29 is 5.11 Å². The summed E-state index contributed by atoms with van der Waals surface area (Å²) in [4.78, 5) is 0. The van der Waals surface area contributed by atoms with Gasteiger partial charge in [0.25, 0.3) is 0 Å². The summed E-state index contributed by atoms with van der Waals surface area (Å²) in [5, 5.41) is 24.8. The van der Waals surface area contributed by atoms with Gasteiger partial charge in [0.15, 0.2) is 5.76 Å². The maximum atomic E-state index is 10.8. The van der Waals surface area contributed by atoms with Crippen LogP contribution in [0.4, 0.5) is 0 Å². The Hall–Kier alpha value is -2.54. The number of benzene rings is 1. The van der Waals surface area contributed by atoms with E-state index in [1.165, 1.54) is 5.56 Å². The molecule has 0 atom stereocenters. The zero-order chi connectivity index (χ0) is 18.1. The molecule has 126 valence electrons. The highest BCUT2D eigenvalue weighted by Gasteiger charge is 2.20. The minimum Gasteiger partial charge on any atom is -0.504 e. The van der Waals surface area contributed by atoms with Crippen LogP contribution in [-0.2, 0) is 12.0 Å². The first-order valence-electron chi connectivity index (χ1n) is 8.19. The average Bonchev–Trinajstić information content (AvgIpc) is 2.82. The Morgan fingerprint density at radius 3 is 2.25 bits per heavy atom. The van der Waals surface area contributed by atoms with Gasteiger partial charge in [-0.05, 0) is 37.3 Å². The highest BCUT2D eigenvalue weighted by Crippen LogP contribution is 2.29. The highest BCUT2D eigenvalue weighted by molar-refractivity contribution is 5.94. The molecule has 1 aromatic carbocycles. The summed E-state index contributed by atoms with van der Waals surface area (Å²) in [5.74, 6) is -0.0130. The second-order valence-electron chi connectivity index (χ2n) is 7.04. The molecule has 0 unspecified atom stereocenters. The van der Waals surface area contributed by atoms with Crippen LogP contribution in [0.5, 0.6) is 0 Å². The number of nitrogens with zero attached hydrogens (tertiary/aromatic N) is 3. The molecule has 1 heterocycles. The lowest BCUT2D eigenvalue weighted by Crippen LogP contribution is -2.10. The molecule has 24 heavy (non-hydrogen) atoms. The highest BCUT2D eigenvalue weighted by atomic mass is 16.3. The lowest BCUT2D eigenvalue weighted by atomic mass is 9.86. The van der Waals surface area contributed by atoms with Crippen LogP contribution in [0, 0.1) is 25.2 Å². The standard InChI is InChI=1S/C20H25N3O/c1-7-23-18(13(2)14(3)22-23)19(24)17(12-21)15-8-10-16(11-9-15)20(4,5)6/h8-11,24H,7H2,1-6H3. The molecule has 0 spiro atoms. The Balaban J connectivity index is 2.59. The third-order valence-corrected chi connectivity index (χ3v) is 4.34. The Labute approximate surface area is 144 Å². The third-order valence-electron chi connectivity index (χ3n) is 4.34. The van der Waals surface area contributed by atoms with E-state index in [1.54, 1.807) is 4.68 Å². The molecule has 0 radical (unpaired) electrons. The summed E-state index contributed by atoms with van der Waals surface area (Å²) in [5.41, 5.74) is 4.59. The van der Waals surface area contributed by atoms with E-state index in [2.05, 4.69) is 31.9 Å². The van der Waals surface area contributed by atoms with Crippen LogP contribution in [-0.4, -0.2) is 14.9 Å². The largest absolute Gasteiger partial charge is 0.504 e. The SMILES string of the molecule is CCn1nc(C)c(C)c1C(O)=C(C#N)c1ccc(C(C)(C)C)cc1. The van der Waals surface area contributed by atoms with E-state index < -0.39 is 0 Å². The molecule has 1 N–H and O–H groups in total. The van der Waals surface area contributed by atoms with Crippen molar-refractivity contribution in [3.05, 3.63) is 52.3 Å². The van der Waals surface area contributed by atoms with Crippen molar-refractivity contribution >= 4 is 11.3 Å². The van der Waals surface area contributed by atoms with Gasteiger partial charge in [0.1, 0.15) is 17.3 Å². The number of aliphatic hydroxyl groups is 1. The fourth-order valence-electron chi connectivity index (χ4n) is 2.71. The van der Waals surface area contributed by atoms with E-state index in [-0.39, 0.29) is 16.7 Å². The Kier molecular flexibility index (Phi) is 4.84. The molecular weight excluding hydrogens is 298 g/mol. The van der Waals surface area contributed by atoms with Gasteiger partial charge < -0.3 is 5.11 Å². The molecule has 2 rings (SSSR count). The number of rotatable bonds is 3. The molecule has 4 nitrogen and oxygen atoms in total. The molecule has 0 amide bonds. The van der Waals surface area contributed by atoms with Crippen molar-refractivity contribution in [3.63, 3.8) is 0 Å². The van der Waals surface area contributed by atoms with Crippen LogP contribution >= 0.6 is 0 Å². The first kappa shape index (κ1) is 17.8. The minimum atomic E-state index is -0.0130. The molecule has 0 saturated heterocycles. The van der Waals surface area contributed by atoms with Crippen LogP contribution in [0.3, 0.4) is 0 Å². The Morgan fingerprint density at radius 2 is 1.79 bits per heavy atom. The quantitative estimate of drug-likeness (QED) is 0.654. The number of hydrogen-bond donors (Lipinski definition) is 1. The summed E-state index contributed by atoms with van der Waals surface area (Å²) in [7, 11) is 0. The molecular formula is C20H25N3O. The Morgan fingerprint density at radius 1 is 1.21 bits per heavy atom. The molecule has 0 bridgehead atoms. The van der Waals surface area contributed by atoms with E-state index in [0.717, 1.165) is 11.3 Å². The predicted octanol–water partition coefficient (Wildman–Crippen LogP) is 4.77.